The van der Waals surface area contributed by atoms with Crippen molar-refractivity contribution in [3.05, 3.63) is 82.4 Å². The van der Waals surface area contributed by atoms with Crippen LogP contribution < -0.4 is 23.8 Å². The van der Waals surface area contributed by atoms with Crippen LogP contribution in [0.15, 0.2) is 60.2 Å². The van der Waals surface area contributed by atoms with Crippen molar-refractivity contribution in [1.82, 2.24) is 0 Å². The lowest BCUT2D eigenvalue weighted by atomic mass is 9.91. The second-order valence-corrected chi connectivity index (χ2v) is 9.84. The number of methoxy groups -OCH3 is 2. The summed E-state index contributed by atoms with van der Waals surface area (Å²) in [6, 6.07) is 15.0. The summed E-state index contributed by atoms with van der Waals surface area (Å²) in [5.74, 6) is 0.618. The average Bonchev–Trinajstić information content (AvgIpc) is 3.22. The fourth-order valence-corrected chi connectivity index (χ4v) is 5.13. The molecule has 2 aliphatic heterocycles. The van der Waals surface area contributed by atoms with Crippen LogP contribution in [0.2, 0.25) is 0 Å². The Kier molecular flexibility index (Phi) is 6.95. The van der Waals surface area contributed by atoms with Gasteiger partial charge in [0.2, 0.25) is 0 Å². The topological polar surface area (TPSA) is 94.5 Å². The third kappa shape index (κ3) is 4.56. The SMILES string of the molecule is COc1cccc(C2/C(=C(\O)c3cc(C(C)C)c(OC)cc3C)C(=O)C(=O)N2c2ccc3c(c2)OCCO3)c1. The highest BCUT2D eigenvalue weighted by molar-refractivity contribution is 6.51. The quantitative estimate of drug-likeness (QED) is 0.255. The Bertz CT molecular complexity index is 1490. The van der Waals surface area contributed by atoms with Gasteiger partial charge in [0.15, 0.2) is 11.5 Å². The number of anilines is 1. The van der Waals surface area contributed by atoms with Crippen molar-refractivity contribution in [2.24, 2.45) is 0 Å². The number of aliphatic hydroxyl groups excluding tert-OH is 1. The zero-order valence-electron chi connectivity index (χ0n) is 22.6. The zero-order valence-corrected chi connectivity index (χ0v) is 22.6. The average molecular weight is 530 g/mol. The molecule has 0 radical (unpaired) electrons. The van der Waals surface area contributed by atoms with Crippen molar-refractivity contribution in [2.45, 2.75) is 32.7 Å². The molecule has 3 aromatic rings. The van der Waals surface area contributed by atoms with E-state index in [2.05, 4.69) is 0 Å². The molecule has 3 aromatic carbocycles. The molecule has 39 heavy (non-hydrogen) atoms. The highest BCUT2D eigenvalue weighted by Gasteiger charge is 2.47. The van der Waals surface area contributed by atoms with Gasteiger partial charge in [0, 0.05) is 17.3 Å². The third-order valence-corrected chi connectivity index (χ3v) is 7.11. The fraction of sp³-hybridized carbons (Fsp3) is 0.290. The van der Waals surface area contributed by atoms with E-state index in [1.807, 2.05) is 32.9 Å². The van der Waals surface area contributed by atoms with Crippen molar-refractivity contribution >= 4 is 23.1 Å². The van der Waals surface area contributed by atoms with Crippen molar-refractivity contribution in [3.63, 3.8) is 0 Å². The number of carbonyl (C=O) groups is 2. The number of aryl methyl sites for hydroxylation is 1. The summed E-state index contributed by atoms with van der Waals surface area (Å²) in [6.45, 7) is 6.69. The first-order valence-corrected chi connectivity index (χ1v) is 12.8. The maximum Gasteiger partial charge on any atom is 0.300 e. The third-order valence-electron chi connectivity index (χ3n) is 7.11. The Hall–Kier alpha value is -4.46. The van der Waals surface area contributed by atoms with Crippen LogP contribution in [0.5, 0.6) is 23.0 Å². The van der Waals surface area contributed by atoms with Crippen molar-refractivity contribution in [3.8, 4) is 23.0 Å². The summed E-state index contributed by atoms with van der Waals surface area (Å²) in [6.07, 6.45) is 0. The van der Waals surface area contributed by atoms with E-state index < -0.39 is 17.7 Å². The van der Waals surface area contributed by atoms with Crippen LogP contribution >= 0.6 is 0 Å². The highest BCUT2D eigenvalue weighted by atomic mass is 16.6. The monoisotopic (exact) mass is 529 g/mol. The van der Waals surface area contributed by atoms with E-state index in [0.717, 1.165) is 5.56 Å². The summed E-state index contributed by atoms with van der Waals surface area (Å²) < 4.78 is 22.4. The molecule has 1 N–H and O–H groups in total. The largest absolute Gasteiger partial charge is 0.507 e. The number of Topliss-reactive ketones (excluding diaryl/α,β-unsaturated/α-hetero) is 1. The molecule has 0 aromatic heterocycles. The molecule has 0 bridgehead atoms. The number of rotatable bonds is 6. The van der Waals surface area contributed by atoms with Crippen molar-refractivity contribution in [1.29, 1.82) is 0 Å². The summed E-state index contributed by atoms with van der Waals surface area (Å²) >= 11 is 0. The van der Waals surface area contributed by atoms with Crippen LogP contribution in [0.3, 0.4) is 0 Å². The number of amides is 1. The van der Waals surface area contributed by atoms with Gasteiger partial charge in [-0.3, -0.25) is 14.5 Å². The van der Waals surface area contributed by atoms with E-state index in [9.17, 15) is 14.7 Å². The first-order valence-electron chi connectivity index (χ1n) is 12.8. The Morgan fingerprint density at radius 1 is 0.974 bits per heavy atom. The molecule has 2 aliphatic rings. The number of aliphatic hydroxyl groups is 1. The van der Waals surface area contributed by atoms with E-state index in [0.29, 0.717) is 58.6 Å². The second kappa shape index (κ2) is 10.4. The molecule has 0 spiro atoms. The van der Waals surface area contributed by atoms with Gasteiger partial charge in [-0.05, 0) is 65.9 Å². The predicted octanol–water partition coefficient (Wildman–Crippen LogP) is 5.53. The lowest BCUT2D eigenvalue weighted by molar-refractivity contribution is -0.132. The van der Waals surface area contributed by atoms with Gasteiger partial charge in [0.1, 0.15) is 30.5 Å². The van der Waals surface area contributed by atoms with Crippen molar-refractivity contribution < 1.29 is 33.6 Å². The number of nitrogens with zero attached hydrogens (tertiary/aromatic N) is 1. The summed E-state index contributed by atoms with van der Waals surface area (Å²) in [5, 5.41) is 11.7. The lowest BCUT2D eigenvalue weighted by Gasteiger charge is -2.27. The number of benzene rings is 3. The Balaban J connectivity index is 1.74. The van der Waals surface area contributed by atoms with Crippen LogP contribution in [0.1, 0.15) is 48.1 Å². The molecule has 8 heteroatoms. The normalized spacial score (nSPS) is 18.0. The molecule has 8 nitrogen and oxygen atoms in total. The number of ketones is 1. The van der Waals surface area contributed by atoms with Crippen molar-refractivity contribution in [2.75, 3.05) is 32.3 Å². The summed E-state index contributed by atoms with van der Waals surface area (Å²) in [7, 11) is 3.15. The Labute approximate surface area is 227 Å². The van der Waals surface area contributed by atoms with Crippen LogP contribution in [0.25, 0.3) is 5.76 Å². The van der Waals surface area contributed by atoms with Gasteiger partial charge >= 0.3 is 0 Å². The fourth-order valence-electron chi connectivity index (χ4n) is 5.13. The van der Waals surface area contributed by atoms with Gasteiger partial charge in [-0.25, -0.2) is 0 Å². The summed E-state index contributed by atoms with van der Waals surface area (Å²) in [4.78, 5) is 28.7. The molecule has 1 fully saturated rings. The molecule has 2 heterocycles. The minimum Gasteiger partial charge on any atom is -0.507 e. The smallest absolute Gasteiger partial charge is 0.300 e. The van der Waals surface area contributed by atoms with E-state index in [1.54, 1.807) is 56.7 Å². The highest BCUT2D eigenvalue weighted by Crippen LogP contribution is 2.46. The number of carbonyl (C=O) groups excluding carboxylic acids is 2. The van der Waals surface area contributed by atoms with E-state index in [4.69, 9.17) is 18.9 Å². The first kappa shape index (κ1) is 26.2. The molecule has 1 unspecified atom stereocenters. The van der Waals surface area contributed by atoms with Crippen LogP contribution in [-0.4, -0.2) is 44.2 Å². The molecule has 5 rings (SSSR count). The van der Waals surface area contributed by atoms with E-state index >= 15 is 0 Å². The van der Waals surface area contributed by atoms with E-state index in [-0.39, 0.29) is 17.3 Å². The maximum absolute atomic E-state index is 13.7. The molecular weight excluding hydrogens is 498 g/mol. The molecule has 202 valence electrons. The van der Waals surface area contributed by atoms with Gasteiger partial charge in [0.25, 0.3) is 11.7 Å². The van der Waals surface area contributed by atoms with Crippen LogP contribution in [-0.2, 0) is 9.59 Å². The first-order chi connectivity index (χ1) is 18.7. The van der Waals surface area contributed by atoms with Gasteiger partial charge < -0.3 is 24.1 Å². The lowest BCUT2D eigenvalue weighted by Crippen LogP contribution is -2.29. The molecule has 1 saturated heterocycles. The number of ether oxygens (including phenoxy) is 4. The van der Waals surface area contributed by atoms with Gasteiger partial charge in [-0.2, -0.15) is 0 Å². The van der Waals surface area contributed by atoms with Crippen LogP contribution in [0, 0.1) is 6.92 Å². The minimum atomic E-state index is -0.910. The molecular formula is C31H31NO7. The zero-order chi connectivity index (χ0) is 27.8. The van der Waals surface area contributed by atoms with E-state index in [1.165, 1.54) is 4.90 Å². The molecule has 0 saturated carbocycles. The van der Waals surface area contributed by atoms with Gasteiger partial charge in [0.05, 0.1) is 25.8 Å². The molecule has 0 aliphatic carbocycles. The second-order valence-electron chi connectivity index (χ2n) is 9.84. The Morgan fingerprint density at radius 3 is 2.41 bits per heavy atom. The van der Waals surface area contributed by atoms with Crippen LogP contribution in [0.4, 0.5) is 5.69 Å². The molecule has 1 atom stereocenters. The van der Waals surface area contributed by atoms with Gasteiger partial charge in [-0.1, -0.05) is 26.0 Å². The molecule has 1 amide bonds. The minimum absolute atomic E-state index is 0.00823. The number of fused-ring (bicyclic) bond motifs is 1. The Morgan fingerprint density at radius 2 is 1.72 bits per heavy atom. The predicted molar refractivity (Wildman–Crippen MR) is 147 cm³/mol. The standard InChI is InChI=1S/C31H31NO7/c1-17(2)22-16-23(18(3)13-25(22)37-5)29(33)27-28(19-7-6-8-21(14-19)36-4)32(31(35)30(27)34)20-9-10-24-26(15-20)39-12-11-38-24/h6-10,13-17,28,33H,11-12H2,1-5H3/b29-27+. The summed E-state index contributed by atoms with van der Waals surface area (Å²) in [5.41, 5.74) is 3.11. The van der Waals surface area contributed by atoms with Gasteiger partial charge in [-0.15, -0.1) is 0 Å². The number of hydrogen-bond donors (Lipinski definition) is 1. The maximum atomic E-state index is 13.7. The number of hydrogen-bond acceptors (Lipinski definition) is 7.